The molecule has 6 nitrogen and oxygen atoms in total. The van der Waals surface area contributed by atoms with Gasteiger partial charge in [-0.2, -0.15) is 4.98 Å². The van der Waals surface area contributed by atoms with Crippen molar-refractivity contribution in [1.82, 2.24) is 19.9 Å². The van der Waals surface area contributed by atoms with Gasteiger partial charge < -0.3 is 10.7 Å². The van der Waals surface area contributed by atoms with Crippen LogP contribution >= 0.6 is 15.9 Å². The highest BCUT2D eigenvalue weighted by Crippen LogP contribution is 2.26. The molecule has 7 heteroatoms. The van der Waals surface area contributed by atoms with Gasteiger partial charge in [-0.1, -0.05) is 34.1 Å². The second kappa shape index (κ2) is 3.95. The lowest BCUT2D eigenvalue weighted by atomic mass is 10.2. The summed E-state index contributed by atoms with van der Waals surface area (Å²) >= 11 is 3.43. The summed E-state index contributed by atoms with van der Waals surface area (Å²) in [5, 5.41) is 0. The Bertz CT molecular complexity index is 791. The van der Waals surface area contributed by atoms with Crippen LogP contribution in [0.5, 0.6) is 0 Å². The second-order valence-corrected chi connectivity index (χ2v) is 4.57. The molecule has 3 rings (SSSR count). The number of benzene rings is 1. The average Bonchev–Trinajstić information content (AvgIpc) is 2.73. The van der Waals surface area contributed by atoms with Crippen molar-refractivity contribution in [3.8, 4) is 11.4 Å². The summed E-state index contributed by atoms with van der Waals surface area (Å²) in [6.07, 6.45) is 0. The van der Waals surface area contributed by atoms with Crippen LogP contribution in [0.25, 0.3) is 22.6 Å². The van der Waals surface area contributed by atoms with Gasteiger partial charge in [-0.25, -0.2) is 4.98 Å². The first-order valence-electron chi connectivity index (χ1n) is 5.15. The highest BCUT2D eigenvalue weighted by Gasteiger charge is 2.11. The molecule has 0 bridgehead atoms. The number of halogens is 1. The second-order valence-electron chi connectivity index (χ2n) is 3.72. The first kappa shape index (κ1) is 11.0. The number of anilines is 1. The minimum atomic E-state index is -0.330. The number of fused-ring (bicyclic) bond motifs is 1. The number of imidazole rings is 1. The molecule has 3 aromatic rings. The number of nitrogen functional groups attached to an aromatic ring is 1. The maximum atomic E-state index is 11.7. The van der Waals surface area contributed by atoms with Gasteiger partial charge in [0, 0.05) is 10.0 Å². The van der Waals surface area contributed by atoms with Gasteiger partial charge in [-0.3, -0.25) is 9.78 Å². The van der Waals surface area contributed by atoms with E-state index in [0.29, 0.717) is 17.0 Å². The standard InChI is InChI=1S/C11H8BrN5O/c12-6-4-2-1-3-5(6)8-14-7-9(15-8)16-11(13)17-10(7)18/h1-4H,(H4,13,14,15,16,17,18). The van der Waals surface area contributed by atoms with E-state index in [1.54, 1.807) is 0 Å². The van der Waals surface area contributed by atoms with Crippen LogP contribution in [-0.2, 0) is 0 Å². The molecule has 90 valence electrons. The highest BCUT2D eigenvalue weighted by molar-refractivity contribution is 9.10. The summed E-state index contributed by atoms with van der Waals surface area (Å²) in [5.74, 6) is 0.624. The van der Waals surface area contributed by atoms with Gasteiger partial charge in [0.05, 0.1) is 0 Å². The summed E-state index contributed by atoms with van der Waals surface area (Å²) in [7, 11) is 0. The zero-order chi connectivity index (χ0) is 12.7. The van der Waals surface area contributed by atoms with Crippen molar-refractivity contribution in [1.29, 1.82) is 0 Å². The first-order chi connectivity index (χ1) is 8.65. The van der Waals surface area contributed by atoms with Crippen LogP contribution in [0.3, 0.4) is 0 Å². The van der Waals surface area contributed by atoms with Gasteiger partial charge >= 0.3 is 0 Å². The maximum absolute atomic E-state index is 11.7. The van der Waals surface area contributed by atoms with Crippen LogP contribution in [0.1, 0.15) is 0 Å². The van der Waals surface area contributed by atoms with E-state index in [4.69, 9.17) is 5.73 Å². The third-order valence-electron chi connectivity index (χ3n) is 2.51. The Balaban J connectivity index is 2.30. The number of nitrogens with one attached hydrogen (secondary N) is 2. The number of hydrogen-bond acceptors (Lipinski definition) is 4. The quantitative estimate of drug-likeness (QED) is 0.636. The molecule has 2 heterocycles. The number of nitrogens with two attached hydrogens (primary N) is 1. The molecular weight excluding hydrogens is 298 g/mol. The fourth-order valence-corrected chi connectivity index (χ4v) is 2.18. The SMILES string of the molecule is Nc1nc2nc(-c3ccccc3Br)[nH]c2c(=O)[nH]1. The summed E-state index contributed by atoms with van der Waals surface area (Å²) in [6, 6.07) is 7.58. The van der Waals surface area contributed by atoms with Crippen LogP contribution in [-0.4, -0.2) is 19.9 Å². The van der Waals surface area contributed by atoms with E-state index >= 15 is 0 Å². The van der Waals surface area contributed by atoms with Gasteiger partial charge in [0.15, 0.2) is 11.2 Å². The Morgan fingerprint density at radius 2 is 1.94 bits per heavy atom. The van der Waals surface area contributed by atoms with Gasteiger partial charge in [0.1, 0.15) is 5.82 Å². The van der Waals surface area contributed by atoms with E-state index < -0.39 is 0 Å². The third-order valence-corrected chi connectivity index (χ3v) is 3.20. The summed E-state index contributed by atoms with van der Waals surface area (Å²) in [6.45, 7) is 0. The molecule has 2 aromatic heterocycles. The smallest absolute Gasteiger partial charge is 0.278 e. The number of nitrogens with zero attached hydrogens (tertiary/aromatic N) is 2. The van der Waals surface area contributed by atoms with E-state index in [0.717, 1.165) is 10.0 Å². The van der Waals surface area contributed by atoms with E-state index in [-0.39, 0.29) is 11.5 Å². The van der Waals surface area contributed by atoms with Crippen molar-refractivity contribution in [2.24, 2.45) is 0 Å². The van der Waals surface area contributed by atoms with Crippen molar-refractivity contribution >= 4 is 33.0 Å². The molecule has 0 aliphatic carbocycles. The molecule has 0 saturated carbocycles. The molecule has 0 unspecified atom stereocenters. The molecular formula is C11H8BrN5O. The number of rotatable bonds is 1. The molecule has 0 fully saturated rings. The monoisotopic (exact) mass is 305 g/mol. The molecule has 0 amide bonds. The molecule has 0 aliphatic rings. The predicted molar refractivity (Wildman–Crippen MR) is 72.1 cm³/mol. The largest absolute Gasteiger partial charge is 0.369 e. The molecule has 1 aromatic carbocycles. The van der Waals surface area contributed by atoms with Crippen molar-refractivity contribution in [3.05, 3.63) is 39.1 Å². The third kappa shape index (κ3) is 1.68. The van der Waals surface area contributed by atoms with Crippen LogP contribution in [0, 0.1) is 0 Å². The lowest BCUT2D eigenvalue weighted by Crippen LogP contribution is -2.10. The van der Waals surface area contributed by atoms with Crippen molar-refractivity contribution in [2.75, 3.05) is 5.73 Å². The maximum Gasteiger partial charge on any atom is 0.278 e. The lowest BCUT2D eigenvalue weighted by Gasteiger charge is -1.98. The Morgan fingerprint density at radius 3 is 2.72 bits per heavy atom. The van der Waals surface area contributed by atoms with Crippen LogP contribution in [0.2, 0.25) is 0 Å². The number of hydrogen-bond donors (Lipinski definition) is 3. The van der Waals surface area contributed by atoms with E-state index in [2.05, 4.69) is 35.9 Å². The molecule has 0 saturated heterocycles. The number of H-pyrrole nitrogens is 2. The fourth-order valence-electron chi connectivity index (χ4n) is 1.70. The van der Waals surface area contributed by atoms with Gasteiger partial charge in [-0.05, 0) is 6.07 Å². The van der Waals surface area contributed by atoms with Crippen LogP contribution in [0.15, 0.2) is 33.5 Å². The Kier molecular flexibility index (Phi) is 2.41. The highest BCUT2D eigenvalue weighted by atomic mass is 79.9. The average molecular weight is 306 g/mol. The summed E-state index contributed by atoms with van der Waals surface area (Å²) in [5.41, 5.74) is 6.62. The summed E-state index contributed by atoms with van der Waals surface area (Å²) < 4.78 is 0.883. The van der Waals surface area contributed by atoms with Crippen LogP contribution in [0.4, 0.5) is 5.95 Å². The van der Waals surface area contributed by atoms with E-state index in [9.17, 15) is 4.79 Å². The Hall–Kier alpha value is -2.15. The fraction of sp³-hybridized carbons (Fsp3) is 0. The van der Waals surface area contributed by atoms with Gasteiger partial charge in [0.25, 0.3) is 5.56 Å². The minimum absolute atomic E-state index is 0.0534. The zero-order valence-corrected chi connectivity index (χ0v) is 10.7. The molecule has 0 radical (unpaired) electrons. The van der Waals surface area contributed by atoms with Crippen molar-refractivity contribution in [3.63, 3.8) is 0 Å². The molecule has 18 heavy (non-hydrogen) atoms. The predicted octanol–water partition coefficient (Wildman–Crippen LogP) is 1.66. The first-order valence-corrected chi connectivity index (χ1v) is 5.95. The summed E-state index contributed by atoms with van der Waals surface area (Å²) in [4.78, 5) is 25.3. The van der Waals surface area contributed by atoms with Gasteiger partial charge in [-0.15, -0.1) is 0 Å². The zero-order valence-electron chi connectivity index (χ0n) is 9.07. The Morgan fingerprint density at radius 1 is 1.17 bits per heavy atom. The van der Waals surface area contributed by atoms with E-state index in [1.165, 1.54) is 0 Å². The van der Waals surface area contributed by atoms with Crippen molar-refractivity contribution in [2.45, 2.75) is 0 Å². The normalized spacial score (nSPS) is 10.9. The Labute approximate surface area is 109 Å². The number of aromatic nitrogens is 4. The molecule has 0 atom stereocenters. The van der Waals surface area contributed by atoms with Gasteiger partial charge in [0.2, 0.25) is 5.95 Å². The van der Waals surface area contributed by atoms with Crippen molar-refractivity contribution < 1.29 is 0 Å². The van der Waals surface area contributed by atoms with E-state index in [1.807, 2.05) is 24.3 Å². The molecule has 4 N–H and O–H groups in total. The topological polar surface area (TPSA) is 100 Å². The lowest BCUT2D eigenvalue weighted by molar-refractivity contribution is 1.17. The minimum Gasteiger partial charge on any atom is -0.369 e. The molecule has 0 spiro atoms. The van der Waals surface area contributed by atoms with Crippen LogP contribution < -0.4 is 11.3 Å². The number of aromatic amines is 2. The molecule has 0 aliphatic heterocycles.